The molecule has 1 rings (SSSR count). The maximum absolute atomic E-state index is 6.17. The van der Waals surface area contributed by atoms with Crippen LogP contribution in [0.2, 0.25) is 5.02 Å². The van der Waals surface area contributed by atoms with E-state index < -0.39 is 0 Å². The first kappa shape index (κ1) is 15.4. The predicted octanol–water partition coefficient (Wildman–Crippen LogP) is 5.52. The molecule has 0 radical (unpaired) electrons. The van der Waals surface area contributed by atoms with E-state index in [1.54, 1.807) is 0 Å². The molecule has 0 unspecified atom stereocenters. The minimum atomic E-state index is 0.531. The number of benzene rings is 1. The van der Waals surface area contributed by atoms with Crippen LogP contribution in [0.1, 0.15) is 46.1 Å². The van der Waals surface area contributed by atoms with Gasteiger partial charge in [-0.25, -0.2) is 0 Å². The van der Waals surface area contributed by atoms with Crippen LogP contribution in [-0.4, -0.2) is 6.04 Å². The Morgan fingerprint density at radius 3 is 2.06 bits per heavy atom. The number of rotatable bonds is 6. The molecule has 0 atom stereocenters. The summed E-state index contributed by atoms with van der Waals surface area (Å²) in [5.74, 6) is 1.42. The molecule has 0 amide bonds. The lowest BCUT2D eigenvalue weighted by molar-refractivity contribution is 0.442. The molecule has 1 N–H and O–H groups in total. The maximum Gasteiger partial charge on any atom is 0.0455 e. The van der Waals surface area contributed by atoms with E-state index in [0.717, 1.165) is 16.3 Å². The van der Waals surface area contributed by atoms with Crippen molar-refractivity contribution in [1.82, 2.24) is 0 Å². The van der Waals surface area contributed by atoms with Crippen molar-refractivity contribution in [1.29, 1.82) is 0 Å². The van der Waals surface area contributed by atoms with Crippen molar-refractivity contribution in [2.75, 3.05) is 5.32 Å². The van der Waals surface area contributed by atoms with Crippen molar-refractivity contribution in [2.45, 2.75) is 53.5 Å². The van der Waals surface area contributed by atoms with E-state index in [9.17, 15) is 0 Å². The fourth-order valence-electron chi connectivity index (χ4n) is 2.27. The van der Waals surface area contributed by atoms with Gasteiger partial charge in [-0.2, -0.15) is 0 Å². The summed E-state index contributed by atoms with van der Waals surface area (Å²) >= 11 is 6.17. The Morgan fingerprint density at radius 1 is 1.06 bits per heavy atom. The molecular weight excluding hydrogens is 242 g/mol. The van der Waals surface area contributed by atoms with Crippen LogP contribution in [0, 0.1) is 18.8 Å². The van der Waals surface area contributed by atoms with Crippen LogP contribution >= 0.6 is 11.6 Å². The SMILES string of the molecule is Cc1ccc(NC(CC(C)C)CC(C)C)cc1Cl. The van der Waals surface area contributed by atoms with Crippen molar-refractivity contribution in [3.8, 4) is 0 Å². The summed E-state index contributed by atoms with van der Waals surface area (Å²) in [5, 5.41) is 4.47. The van der Waals surface area contributed by atoms with Gasteiger partial charge in [0.2, 0.25) is 0 Å². The lowest BCUT2D eigenvalue weighted by Gasteiger charge is -2.23. The molecule has 1 aromatic carbocycles. The largest absolute Gasteiger partial charge is 0.382 e. The number of aryl methyl sites for hydroxylation is 1. The van der Waals surface area contributed by atoms with Gasteiger partial charge in [-0.1, -0.05) is 45.4 Å². The Bertz CT molecular complexity index is 361. The van der Waals surface area contributed by atoms with Crippen molar-refractivity contribution < 1.29 is 0 Å². The zero-order valence-electron chi connectivity index (χ0n) is 12.3. The van der Waals surface area contributed by atoms with Crippen LogP contribution in [0.3, 0.4) is 0 Å². The molecule has 0 aliphatic carbocycles. The number of anilines is 1. The molecule has 1 aromatic rings. The molecule has 0 aliphatic heterocycles. The lowest BCUT2D eigenvalue weighted by atomic mass is 9.95. The monoisotopic (exact) mass is 267 g/mol. The predicted molar refractivity (Wildman–Crippen MR) is 82.5 cm³/mol. The average molecular weight is 268 g/mol. The third kappa shape index (κ3) is 5.30. The third-order valence-electron chi connectivity index (χ3n) is 3.05. The number of nitrogens with one attached hydrogen (secondary N) is 1. The van der Waals surface area contributed by atoms with Gasteiger partial charge in [0.15, 0.2) is 0 Å². The molecule has 102 valence electrons. The van der Waals surface area contributed by atoms with Crippen molar-refractivity contribution in [3.63, 3.8) is 0 Å². The van der Waals surface area contributed by atoms with Gasteiger partial charge in [0.05, 0.1) is 0 Å². The highest BCUT2D eigenvalue weighted by Crippen LogP contribution is 2.23. The molecule has 0 heterocycles. The van der Waals surface area contributed by atoms with Crippen molar-refractivity contribution in [3.05, 3.63) is 28.8 Å². The highest BCUT2D eigenvalue weighted by Gasteiger charge is 2.13. The fourth-order valence-corrected chi connectivity index (χ4v) is 2.45. The first-order valence-corrected chi connectivity index (χ1v) is 7.29. The zero-order valence-corrected chi connectivity index (χ0v) is 13.0. The molecule has 1 nitrogen and oxygen atoms in total. The maximum atomic E-state index is 6.17. The second-order valence-corrected chi connectivity index (χ2v) is 6.47. The fraction of sp³-hybridized carbons (Fsp3) is 0.625. The molecule has 0 bridgehead atoms. The van der Waals surface area contributed by atoms with E-state index in [0.29, 0.717) is 17.9 Å². The normalized spacial score (nSPS) is 11.6. The average Bonchev–Trinajstić information content (AvgIpc) is 2.21. The highest BCUT2D eigenvalue weighted by molar-refractivity contribution is 6.31. The van der Waals surface area contributed by atoms with E-state index >= 15 is 0 Å². The highest BCUT2D eigenvalue weighted by atomic mass is 35.5. The lowest BCUT2D eigenvalue weighted by Crippen LogP contribution is -2.23. The molecule has 18 heavy (non-hydrogen) atoms. The van der Waals surface area contributed by atoms with Gasteiger partial charge in [-0.15, -0.1) is 0 Å². The molecule has 0 saturated heterocycles. The summed E-state index contributed by atoms with van der Waals surface area (Å²) in [5.41, 5.74) is 2.27. The molecule has 0 spiro atoms. The van der Waals surface area contributed by atoms with Crippen LogP contribution in [0.4, 0.5) is 5.69 Å². The van der Waals surface area contributed by atoms with E-state index in [-0.39, 0.29) is 0 Å². The Kier molecular flexibility index (Phi) is 6.01. The Hall–Kier alpha value is -0.690. The summed E-state index contributed by atoms with van der Waals surface area (Å²) in [6.07, 6.45) is 2.40. The van der Waals surface area contributed by atoms with Crippen LogP contribution in [0.15, 0.2) is 18.2 Å². The van der Waals surface area contributed by atoms with Crippen LogP contribution in [0.5, 0.6) is 0 Å². The van der Waals surface area contributed by atoms with Crippen LogP contribution in [0.25, 0.3) is 0 Å². The Morgan fingerprint density at radius 2 is 1.61 bits per heavy atom. The van der Waals surface area contributed by atoms with E-state index in [2.05, 4.69) is 45.1 Å². The zero-order chi connectivity index (χ0) is 13.7. The van der Waals surface area contributed by atoms with Crippen molar-refractivity contribution >= 4 is 17.3 Å². The number of halogens is 1. The summed E-state index contributed by atoms with van der Waals surface area (Å²) in [7, 11) is 0. The van der Waals surface area contributed by atoms with Gasteiger partial charge < -0.3 is 5.32 Å². The topological polar surface area (TPSA) is 12.0 Å². The van der Waals surface area contributed by atoms with E-state index in [4.69, 9.17) is 11.6 Å². The summed E-state index contributed by atoms with van der Waals surface area (Å²) in [6, 6.07) is 6.76. The van der Waals surface area contributed by atoms with Crippen LogP contribution in [-0.2, 0) is 0 Å². The van der Waals surface area contributed by atoms with Crippen LogP contribution < -0.4 is 5.32 Å². The van der Waals surface area contributed by atoms with Gasteiger partial charge in [0.25, 0.3) is 0 Å². The summed E-state index contributed by atoms with van der Waals surface area (Å²) in [6.45, 7) is 11.1. The second kappa shape index (κ2) is 7.04. The Balaban J connectivity index is 2.71. The first-order valence-electron chi connectivity index (χ1n) is 6.91. The third-order valence-corrected chi connectivity index (χ3v) is 3.46. The number of hydrogen-bond donors (Lipinski definition) is 1. The molecule has 0 saturated carbocycles. The quantitative estimate of drug-likeness (QED) is 0.715. The van der Waals surface area contributed by atoms with Gasteiger partial charge in [-0.3, -0.25) is 0 Å². The standard InChI is InChI=1S/C16H26ClN/c1-11(2)8-15(9-12(3)4)18-14-7-6-13(5)16(17)10-14/h6-7,10-12,15,18H,8-9H2,1-5H3. The van der Waals surface area contributed by atoms with E-state index in [1.165, 1.54) is 12.8 Å². The molecule has 0 aromatic heterocycles. The van der Waals surface area contributed by atoms with Gasteiger partial charge in [-0.05, 0) is 49.3 Å². The molecule has 0 fully saturated rings. The Labute approximate surface area is 117 Å². The van der Waals surface area contributed by atoms with Crippen molar-refractivity contribution in [2.24, 2.45) is 11.8 Å². The minimum absolute atomic E-state index is 0.531. The first-order chi connectivity index (χ1) is 8.38. The minimum Gasteiger partial charge on any atom is -0.382 e. The second-order valence-electron chi connectivity index (χ2n) is 6.06. The summed E-state index contributed by atoms with van der Waals surface area (Å²) in [4.78, 5) is 0. The van der Waals surface area contributed by atoms with Gasteiger partial charge >= 0.3 is 0 Å². The molecular formula is C16H26ClN. The van der Waals surface area contributed by atoms with Gasteiger partial charge in [0, 0.05) is 16.8 Å². The number of hydrogen-bond acceptors (Lipinski definition) is 1. The molecule has 0 aliphatic rings. The van der Waals surface area contributed by atoms with Gasteiger partial charge in [0.1, 0.15) is 0 Å². The molecule has 2 heteroatoms. The van der Waals surface area contributed by atoms with E-state index in [1.807, 2.05) is 13.0 Å². The smallest absolute Gasteiger partial charge is 0.0455 e. The summed E-state index contributed by atoms with van der Waals surface area (Å²) < 4.78 is 0.